The predicted molar refractivity (Wildman–Crippen MR) is 40.2 cm³/mol. The molecule has 0 radical (unpaired) electrons. The molecule has 1 saturated carbocycles. The molecule has 0 atom stereocenters. The summed E-state index contributed by atoms with van der Waals surface area (Å²) < 4.78 is 23.6. The van der Waals surface area contributed by atoms with Crippen LogP contribution in [0.25, 0.3) is 0 Å². The van der Waals surface area contributed by atoms with Crippen molar-refractivity contribution in [1.82, 2.24) is 10.2 Å². The highest BCUT2D eigenvalue weighted by Gasteiger charge is 2.25. The van der Waals surface area contributed by atoms with Gasteiger partial charge in [-0.25, -0.2) is 13.6 Å². The predicted octanol–water partition coefficient (Wildman–Crippen LogP) is 1.06. The van der Waals surface area contributed by atoms with Crippen LogP contribution < -0.4 is 5.32 Å². The van der Waals surface area contributed by atoms with Crippen LogP contribution in [0.15, 0.2) is 0 Å². The minimum absolute atomic E-state index is 0.220. The average Bonchev–Trinajstić information content (AvgIpc) is 2.70. The van der Waals surface area contributed by atoms with Gasteiger partial charge in [-0.15, -0.1) is 0 Å². The van der Waals surface area contributed by atoms with Crippen LogP contribution >= 0.6 is 0 Å². The molecule has 0 spiro atoms. The smallest absolute Gasteiger partial charge is 0.317 e. The van der Waals surface area contributed by atoms with E-state index in [1.54, 1.807) is 0 Å². The zero-order valence-corrected chi connectivity index (χ0v) is 6.89. The zero-order chi connectivity index (χ0) is 9.14. The summed E-state index contributed by atoms with van der Waals surface area (Å²) in [6.07, 6.45) is -0.525. The highest BCUT2D eigenvalue weighted by atomic mass is 19.3. The van der Waals surface area contributed by atoms with Crippen molar-refractivity contribution < 1.29 is 13.6 Å². The summed E-state index contributed by atoms with van der Waals surface area (Å²) in [4.78, 5) is 12.0. The molecule has 2 amide bonds. The van der Waals surface area contributed by atoms with Crippen LogP contribution in [0.5, 0.6) is 0 Å². The molecular formula is C7H12F2N2O. The monoisotopic (exact) mass is 178 g/mol. The number of carbonyl (C=O) groups is 1. The summed E-state index contributed by atoms with van der Waals surface area (Å²) in [5.74, 6) is 0. The molecule has 0 bridgehead atoms. The topological polar surface area (TPSA) is 32.3 Å². The number of carbonyl (C=O) groups excluding carboxylic acids is 1. The molecule has 1 aliphatic rings. The lowest BCUT2D eigenvalue weighted by atomic mass is 10.6. The third-order valence-electron chi connectivity index (χ3n) is 1.66. The zero-order valence-electron chi connectivity index (χ0n) is 6.89. The van der Waals surface area contributed by atoms with Gasteiger partial charge < -0.3 is 10.2 Å². The number of nitrogens with one attached hydrogen (secondary N) is 1. The SMILES string of the molecule is CN(CC(F)F)C(=O)NC1CC1. The molecule has 1 fully saturated rings. The Kier molecular flexibility index (Phi) is 2.83. The normalized spacial score (nSPS) is 16.3. The fourth-order valence-corrected chi connectivity index (χ4v) is 0.802. The van der Waals surface area contributed by atoms with Crippen LogP contribution in [-0.4, -0.2) is 37.0 Å². The average molecular weight is 178 g/mol. The Bertz CT molecular complexity index is 171. The van der Waals surface area contributed by atoms with Crippen LogP contribution in [0.4, 0.5) is 13.6 Å². The van der Waals surface area contributed by atoms with Gasteiger partial charge in [0.2, 0.25) is 0 Å². The van der Waals surface area contributed by atoms with Crippen LogP contribution in [0.3, 0.4) is 0 Å². The molecule has 0 unspecified atom stereocenters. The van der Waals surface area contributed by atoms with E-state index >= 15 is 0 Å². The standard InChI is InChI=1S/C7H12F2N2O/c1-11(4-6(8)9)7(12)10-5-2-3-5/h5-6H,2-4H2,1H3,(H,10,12). The van der Waals surface area contributed by atoms with Crippen molar-refractivity contribution in [2.45, 2.75) is 25.3 Å². The van der Waals surface area contributed by atoms with E-state index in [0.717, 1.165) is 17.7 Å². The first kappa shape index (κ1) is 9.22. The Morgan fingerprint density at radius 2 is 2.25 bits per heavy atom. The first-order chi connectivity index (χ1) is 5.59. The number of halogens is 2. The van der Waals surface area contributed by atoms with Gasteiger partial charge in [-0.1, -0.05) is 0 Å². The second kappa shape index (κ2) is 3.69. The van der Waals surface area contributed by atoms with E-state index in [4.69, 9.17) is 0 Å². The lowest BCUT2D eigenvalue weighted by molar-refractivity contribution is 0.108. The van der Waals surface area contributed by atoms with Gasteiger partial charge in [-0.3, -0.25) is 0 Å². The van der Waals surface area contributed by atoms with Gasteiger partial charge in [-0.2, -0.15) is 0 Å². The number of amides is 2. The van der Waals surface area contributed by atoms with E-state index in [1.807, 2.05) is 0 Å². The van der Waals surface area contributed by atoms with Gasteiger partial charge >= 0.3 is 6.03 Å². The van der Waals surface area contributed by atoms with Gasteiger partial charge in [0.15, 0.2) is 0 Å². The maximum absolute atomic E-state index is 11.8. The molecule has 0 aromatic carbocycles. The first-order valence-corrected chi connectivity index (χ1v) is 3.89. The molecule has 0 heterocycles. The maximum Gasteiger partial charge on any atom is 0.317 e. The Labute approximate surface area is 69.7 Å². The Morgan fingerprint density at radius 1 is 1.67 bits per heavy atom. The van der Waals surface area contributed by atoms with Crippen LogP contribution in [0.1, 0.15) is 12.8 Å². The van der Waals surface area contributed by atoms with Crippen molar-refractivity contribution in [1.29, 1.82) is 0 Å². The van der Waals surface area contributed by atoms with Crippen LogP contribution in [-0.2, 0) is 0 Å². The minimum Gasteiger partial charge on any atom is -0.335 e. The van der Waals surface area contributed by atoms with E-state index < -0.39 is 19.0 Å². The lowest BCUT2D eigenvalue weighted by Gasteiger charge is -2.16. The van der Waals surface area contributed by atoms with E-state index in [-0.39, 0.29) is 6.04 Å². The number of rotatable bonds is 3. The minimum atomic E-state index is -2.46. The maximum atomic E-state index is 11.8. The fourth-order valence-electron chi connectivity index (χ4n) is 0.802. The third kappa shape index (κ3) is 3.02. The van der Waals surface area contributed by atoms with E-state index in [0.29, 0.717) is 0 Å². The molecule has 70 valence electrons. The summed E-state index contributed by atoms with van der Waals surface area (Å²) in [7, 11) is 1.36. The van der Waals surface area contributed by atoms with E-state index in [1.165, 1.54) is 7.05 Å². The summed E-state index contributed by atoms with van der Waals surface area (Å²) in [5, 5.41) is 2.61. The highest BCUT2D eigenvalue weighted by Crippen LogP contribution is 2.18. The summed E-state index contributed by atoms with van der Waals surface area (Å²) >= 11 is 0. The van der Waals surface area contributed by atoms with Gasteiger partial charge in [-0.05, 0) is 12.8 Å². The quantitative estimate of drug-likeness (QED) is 0.688. The first-order valence-electron chi connectivity index (χ1n) is 3.89. The molecule has 12 heavy (non-hydrogen) atoms. The molecular weight excluding hydrogens is 166 g/mol. The van der Waals surface area contributed by atoms with Crippen molar-refractivity contribution in [3.8, 4) is 0 Å². The summed E-state index contributed by atoms with van der Waals surface area (Å²) in [6.45, 7) is -0.501. The molecule has 1 N–H and O–H groups in total. The Balaban J connectivity index is 2.19. The van der Waals surface area contributed by atoms with Gasteiger partial charge in [0.25, 0.3) is 6.43 Å². The largest absolute Gasteiger partial charge is 0.335 e. The number of nitrogens with zero attached hydrogens (tertiary/aromatic N) is 1. The number of alkyl halides is 2. The van der Waals surface area contributed by atoms with Crippen molar-refractivity contribution in [2.75, 3.05) is 13.6 Å². The Hall–Kier alpha value is -0.870. The van der Waals surface area contributed by atoms with E-state index in [9.17, 15) is 13.6 Å². The molecule has 0 aliphatic heterocycles. The molecule has 5 heteroatoms. The lowest BCUT2D eigenvalue weighted by Crippen LogP contribution is -2.40. The summed E-state index contributed by atoms with van der Waals surface area (Å²) in [5.41, 5.74) is 0. The van der Waals surface area contributed by atoms with Crippen LogP contribution in [0, 0.1) is 0 Å². The van der Waals surface area contributed by atoms with Gasteiger partial charge in [0.05, 0.1) is 6.54 Å². The molecule has 0 aromatic rings. The third-order valence-corrected chi connectivity index (χ3v) is 1.66. The highest BCUT2D eigenvalue weighted by molar-refractivity contribution is 5.74. The summed E-state index contributed by atoms with van der Waals surface area (Å²) in [6, 6.07) is -0.185. The van der Waals surface area contributed by atoms with Crippen molar-refractivity contribution >= 4 is 6.03 Å². The van der Waals surface area contributed by atoms with Gasteiger partial charge in [0.1, 0.15) is 0 Å². The second-order valence-electron chi connectivity index (χ2n) is 3.00. The van der Waals surface area contributed by atoms with Crippen molar-refractivity contribution in [3.63, 3.8) is 0 Å². The van der Waals surface area contributed by atoms with Crippen LogP contribution in [0.2, 0.25) is 0 Å². The molecule has 0 aromatic heterocycles. The Morgan fingerprint density at radius 3 is 2.67 bits per heavy atom. The molecule has 1 aliphatic carbocycles. The second-order valence-corrected chi connectivity index (χ2v) is 3.00. The number of hydrogen-bond donors (Lipinski definition) is 1. The molecule has 3 nitrogen and oxygen atoms in total. The number of hydrogen-bond acceptors (Lipinski definition) is 1. The van der Waals surface area contributed by atoms with Gasteiger partial charge in [0, 0.05) is 13.1 Å². The fraction of sp³-hybridized carbons (Fsp3) is 0.857. The van der Waals surface area contributed by atoms with Crippen molar-refractivity contribution in [3.05, 3.63) is 0 Å². The molecule has 1 rings (SSSR count). The number of urea groups is 1. The molecule has 0 saturated heterocycles. The van der Waals surface area contributed by atoms with E-state index in [2.05, 4.69) is 5.32 Å². The van der Waals surface area contributed by atoms with Crippen molar-refractivity contribution in [2.24, 2.45) is 0 Å².